The maximum Gasteiger partial charge on any atom is 0.164 e. The maximum absolute atomic E-state index is 9.66. The molecule has 0 saturated carbocycles. The molecule has 0 N–H and O–H groups in total. The van der Waals surface area contributed by atoms with Crippen LogP contribution in [0, 0.1) is 0 Å². The van der Waals surface area contributed by atoms with Gasteiger partial charge >= 0.3 is 0 Å². The van der Waals surface area contributed by atoms with Gasteiger partial charge in [0.25, 0.3) is 0 Å². The minimum absolute atomic E-state index is 0.00227. The van der Waals surface area contributed by atoms with E-state index in [1.54, 1.807) is 0 Å². The molecule has 0 aliphatic heterocycles. The third-order valence-electron chi connectivity index (χ3n) is 11.4. The Morgan fingerprint density at radius 2 is 0.820 bits per heavy atom. The summed E-state index contributed by atoms with van der Waals surface area (Å²) in [6.45, 7) is 0. The number of fused-ring (bicyclic) bond motifs is 8. The first-order valence-corrected chi connectivity index (χ1v) is 20.1. The predicted molar refractivity (Wildman–Crippen MR) is 252 cm³/mol. The topological polar surface area (TPSA) is 51.8 Å². The van der Waals surface area contributed by atoms with Crippen molar-refractivity contribution in [2.24, 2.45) is 0 Å². The number of aromatic nitrogens is 3. The van der Waals surface area contributed by atoms with Gasteiger partial charge in [0.1, 0.15) is 11.2 Å². The third-order valence-corrected chi connectivity index (χ3v) is 11.4. The number of furan rings is 1. The largest absolute Gasteiger partial charge is 0.456 e. The van der Waals surface area contributed by atoms with Gasteiger partial charge in [-0.2, -0.15) is 0 Å². The second-order valence-corrected chi connectivity index (χ2v) is 15.1. The molecule has 0 fully saturated rings. The van der Waals surface area contributed by atoms with Crippen LogP contribution in [0.4, 0.5) is 0 Å². The van der Waals surface area contributed by atoms with Crippen LogP contribution in [0.15, 0.2) is 217 Å². The minimum Gasteiger partial charge on any atom is -0.456 e. The molecular weight excluding hydrogens is 743 g/mol. The Bertz CT molecular complexity index is 3990. The monoisotopic (exact) mass is 783 g/mol. The first-order chi connectivity index (χ1) is 32.7. The van der Waals surface area contributed by atoms with Gasteiger partial charge in [0.2, 0.25) is 0 Å². The van der Waals surface area contributed by atoms with Crippen LogP contribution >= 0.6 is 0 Å². The molecule has 0 aliphatic carbocycles. The fourth-order valence-corrected chi connectivity index (χ4v) is 8.28. The van der Waals surface area contributed by atoms with Crippen molar-refractivity contribution in [2.45, 2.75) is 0 Å². The molecule has 4 heteroatoms. The number of hydrogen-bond donors (Lipinski definition) is 0. The van der Waals surface area contributed by atoms with Crippen molar-refractivity contribution in [1.82, 2.24) is 15.0 Å². The van der Waals surface area contributed by atoms with Gasteiger partial charge in [0.15, 0.2) is 17.5 Å². The van der Waals surface area contributed by atoms with E-state index in [0.29, 0.717) is 28.3 Å². The summed E-state index contributed by atoms with van der Waals surface area (Å²) in [6, 6.07) is 56.5. The molecule has 12 rings (SSSR count). The summed E-state index contributed by atoms with van der Waals surface area (Å²) in [7, 11) is 0. The van der Waals surface area contributed by atoms with Crippen LogP contribution < -0.4 is 0 Å². The summed E-state index contributed by atoms with van der Waals surface area (Å²) in [6.07, 6.45) is 0. The molecule has 0 spiro atoms. The highest BCUT2D eigenvalue weighted by Gasteiger charge is 2.17. The lowest BCUT2D eigenvalue weighted by Crippen LogP contribution is -2.00. The number of nitrogens with zero attached hydrogens (tertiary/aromatic N) is 3. The predicted octanol–water partition coefficient (Wildman–Crippen LogP) is 15.2. The Morgan fingerprint density at radius 3 is 1.57 bits per heavy atom. The van der Waals surface area contributed by atoms with Crippen molar-refractivity contribution < 1.29 is 12.6 Å². The van der Waals surface area contributed by atoms with Gasteiger partial charge in [-0.25, -0.2) is 15.0 Å². The molecule has 0 atom stereocenters. The van der Waals surface area contributed by atoms with Crippen molar-refractivity contribution in [3.8, 4) is 67.5 Å². The molecule has 284 valence electrons. The smallest absolute Gasteiger partial charge is 0.164 e. The normalized spacial score (nSPS) is 13.0. The van der Waals surface area contributed by atoms with Gasteiger partial charge in [0.05, 0.1) is 8.22 Å². The zero-order chi connectivity index (χ0) is 45.5. The van der Waals surface area contributed by atoms with Crippen LogP contribution in [-0.2, 0) is 0 Å². The molecule has 0 aliphatic rings. The Labute approximate surface area is 360 Å². The van der Waals surface area contributed by atoms with E-state index in [9.17, 15) is 5.48 Å². The molecule has 0 unspecified atom stereocenters. The number of benzene rings is 10. The lowest BCUT2D eigenvalue weighted by molar-refractivity contribution is 0.669. The standard InChI is InChI=1S/C57H35N3O/c1-3-10-36(11-4-1)38-18-20-39(21-19-38)43-27-31-53-52(33-43)50-30-26-46(35-54(50)61-53)57-59-55(44-16-9-15-42(32-44)37-12-5-2-6-13-37)58-56(60-57)45-23-22-41-25-28-48-47-17-8-7-14-40(47)24-29-49(48)51(41)34-45/h1-35H/i26D,27D,30D,31D,33D,35D. The van der Waals surface area contributed by atoms with Crippen molar-refractivity contribution in [2.75, 3.05) is 0 Å². The molecule has 0 bridgehead atoms. The average Bonchev–Trinajstić information content (AvgIpc) is 3.80. The summed E-state index contributed by atoms with van der Waals surface area (Å²) >= 11 is 0. The third kappa shape index (κ3) is 6.21. The molecule has 61 heavy (non-hydrogen) atoms. The van der Waals surface area contributed by atoms with E-state index < -0.39 is 0 Å². The average molecular weight is 784 g/mol. The molecule has 0 saturated heterocycles. The highest BCUT2D eigenvalue weighted by atomic mass is 16.3. The quantitative estimate of drug-likeness (QED) is 0.158. The minimum atomic E-state index is -0.340. The van der Waals surface area contributed by atoms with Crippen molar-refractivity contribution in [3.05, 3.63) is 212 Å². The molecule has 0 radical (unpaired) electrons. The Morgan fingerprint density at radius 1 is 0.295 bits per heavy atom. The van der Waals surface area contributed by atoms with Crippen LogP contribution in [0.2, 0.25) is 0 Å². The van der Waals surface area contributed by atoms with Crippen LogP contribution in [0.25, 0.3) is 122 Å². The molecule has 0 amide bonds. The van der Waals surface area contributed by atoms with Crippen LogP contribution in [0.3, 0.4) is 0 Å². The van der Waals surface area contributed by atoms with Crippen LogP contribution in [0.1, 0.15) is 8.22 Å². The van der Waals surface area contributed by atoms with Gasteiger partial charge in [-0.15, -0.1) is 0 Å². The second-order valence-electron chi connectivity index (χ2n) is 15.1. The van der Waals surface area contributed by atoms with Crippen LogP contribution in [0.5, 0.6) is 0 Å². The number of rotatable bonds is 6. The molecular formula is C57H35N3O. The molecule has 10 aromatic carbocycles. The molecule has 2 aromatic heterocycles. The SMILES string of the molecule is [2H]c1c(-c2ccc(-c3ccccc3)cc2)c([2H])c2c(oc3c([2H])c(-c4nc(-c5cccc(-c6ccccc6)c5)nc(-c5ccc6ccc7c8ccccc8ccc7c6c5)n4)c([2H])c([2H])c32)c1[2H]. The first kappa shape index (κ1) is 29.1. The highest BCUT2D eigenvalue weighted by Crippen LogP contribution is 2.37. The Balaban J connectivity index is 1.06. The summed E-state index contributed by atoms with van der Waals surface area (Å²) in [4.78, 5) is 15.0. The lowest BCUT2D eigenvalue weighted by Gasteiger charge is -2.11. The number of hydrogen-bond acceptors (Lipinski definition) is 4. The zero-order valence-electron chi connectivity index (χ0n) is 38.5. The summed E-state index contributed by atoms with van der Waals surface area (Å²) < 4.78 is 62.6. The molecule has 2 heterocycles. The Kier molecular flexibility index (Phi) is 6.80. The van der Waals surface area contributed by atoms with E-state index in [0.717, 1.165) is 54.6 Å². The zero-order valence-corrected chi connectivity index (χ0v) is 32.5. The Hall–Kier alpha value is -8.21. The van der Waals surface area contributed by atoms with Crippen molar-refractivity contribution >= 4 is 54.3 Å². The van der Waals surface area contributed by atoms with Crippen molar-refractivity contribution in [1.29, 1.82) is 0 Å². The van der Waals surface area contributed by atoms with Gasteiger partial charge in [-0.3, -0.25) is 0 Å². The fourth-order valence-electron chi connectivity index (χ4n) is 8.28. The first-order valence-electron chi connectivity index (χ1n) is 23.1. The highest BCUT2D eigenvalue weighted by molar-refractivity contribution is 6.17. The van der Waals surface area contributed by atoms with E-state index >= 15 is 0 Å². The lowest BCUT2D eigenvalue weighted by atomic mass is 9.96. The van der Waals surface area contributed by atoms with Gasteiger partial charge in [0, 0.05) is 27.5 Å². The molecule has 4 nitrogen and oxygen atoms in total. The van der Waals surface area contributed by atoms with Crippen LogP contribution in [-0.4, -0.2) is 15.0 Å². The summed E-state index contributed by atoms with van der Waals surface area (Å²) in [5, 5.41) is 6.69. The van der Waals surface area contributed by atoms with E-state index in [2.05, 4.69) is 42.5 Å². The molecule has 12 aromatic rings. The summed E-state index contributed by atoms with van der Waals surface area (Å²) in [5.41, 5.74) is 5.80. The van der Waals surface area contributed by atoms with E-state index in [1.807, 2.05) is 133 Å². The maximum atomic E-state index is 9.66. The fraction of sp³-hybridized carbons (Fsp3) is 0. The van der Waals surface area contributed by atoms with Gasteiger partial charge in [-0.1, -0.05) is 176 Å². The van der Waals surface area contributed by atoms with E-state index in [-0.39, 0.29) is 75.1 Å². The second kappa shape index (κ2) is 14.3. The summed E-state index contributed by atoms with van der Waals surface area (Å²) in [5.74, 6) is 0.613. The van der Waals surface area contributed by atoms with E-state index in [1.165, 1.54) is 0 Å². The van der Waals surface area contributed by atoms with E-state index in [4.69, 9.17) is 22.1 Å². The van der Waals surface area contributed by atoms with Crippen molar-refractivity contribution in [3.63, 3.8) is 0 Å². The van der Waals surface area contributed by atoms with Gasteiger partial charge in [-0.05, 0) is 102 Å². The van der Waals surface area contributed by atoms with Gasteiger partial charge < -0.3 is 4.42 Å².